The van der Waals surface area contributed by atoms with Gasteiger partial charge in [-0.05, 0) is 94.9 Å². The minimum Gasteiger partial charge on any atom is -0.481 e. The molecule has 42 heavy (non-hydrogen) atoms. The van der Waals surface area contributed by atoms with Crippen molar-refractivity contribution in [2.75, 3.05) is 26.7 Å². The summed E-state index contributed by atoms with van der Waals surface area (Å²) in [6.07, 6.45) is 9.35. The van der Waals surface area contributed by atoms with Gasteiger partial charge in [0, 0.05) is 58.8 Å². The average Bonchev–Trinajstić information content (AvgIpc) is 3.53. The molecule has 2 aliphatic heterocycles. The summed E-state index contributed by atoms with van der Waals surface area (Å²) in [4.78, 5) is 25.9. The number of pyridine rings is 1. The highest BCUT2D eigenvalue weighted by atomic mass is 32.1. The van der Waals surface area contributed by atoms with Gasteiger partial charge in [0.1, 0.15) is 0 Å². The summed E-state index contributed by atoms with van der Waals surface area (Å²) >= 11 is 1.91. The maximum atomic E-state index is 13.9. The number of aromatic nitrogens is 3. The van der Waals surface area contributed by atoms with Crippen molar-refractivity contribution in [3.05, 3.63) is 61.7 Å². The number of carbonyl (C=O) groups excluding carboxylic acids is 1. The molecule has 7 nitrogen and oxygen atoms in total. The molecule has 3 aromatic heterocycles. The van der Waals surface area contributed by atoms with Crippen molar-refractivity contribution < 1.29 is 9.53 Å². The molecule has 3 aromatic rings. The number of ether oxygens (including phenoxy) is 1. The molecule has 0 spiro atoms. The first-order chi connectivity index (χ1) is 20.1. The number of carbonyl (C=O) groups is 1. The molecule has 1 saturated heterocycles. The first-order valence-corrected chi connectivity index (χ1v) is 16.6. The minimum absolute atomic E-state index is 0.166. The second-order valence-electron chi connectivity index (χ2n) is 13.1. The number of hydrogen-bond acceptors (Lipinski definition) is 6. The molecular weight excluding hydrogens is 542 g/mol. The molecule has 6 rings (SSSR count). The molecule has 0 aromatic carbocycles. The van der Waals surface area contributed by atoms with Crippen LogP contribution in [0.3, 0.4) is 0 Å². The Hall–Kier alpha value is -2.71. The topological polar surface area (TPSA) is 63.5 Å². The Kier molecular flexibility index (Phi) is 7.98. The Morgan fingerprint density at radius 2 is 1.88 bits per heavy atom. The third kappa shape index (κ3) is 5.08. The zero-order chi connectivity index (χ0) is 29.8. The maximum absolute atomic E-state index is 13.9. The van der Waals surface area contributed by atoms with Gasteiger partial charge >= 0.3 is 0 Å². The van der Waals surface area contributed by atoms with E-state index in [0.717, 1.165) is 54.1 Å². The van der Waals surface area contributed by atoms with Crippen molar-refractivity contribution in [2.45, 2.75) is 104 Å². The van der Waals surface area contributed by atoms with Crippen LogP contribution in [0.2, 0.25) is 0 Å². The number of thiophene rings is 1. The Morgan fingerprint density at radius 1 is 1.14 bits per heavy atom. The fourth-order valence-corrected chi connectivity index (χ4v) is 9.38. The fourth-order valence-electron chi connectivity index (χ4n) is 7.94. The van der Waals surface area contributed by atoms with Gasteiger partial charge in [-0.1, -0.05) is 13.8 Å². The lowest BCUT2D eigenvalue weighted by molar-refractivity contribution is -0.0469. The second-order valence-corrected chi connectivity index (χ2v) is 14.3. The molecule has 8 heteroatoms. The van der Waals surface area contributed by atoms with E-state index in [1.807, 2.05) is 23.2 Å². The average molecular weight is 590 g/mol. The summed E-state index contributed by atoms with van der Waals surface area (Å²) < 4.78 is 7.77. The summed E-state index contributed by atoms with van der Waals surface area (Å²) in [6.45, 7) is 16.7. The maximum Gasteiger partial charge on any atom is 0.255 e. The lowest BCUT2D eigenvalue weighted by Crippen LogP contribution is -2.61. The smallest absolute Gasteiger partial charge is 0.255 e. The van der Waals surface area contributed by atoms with E-state index in [0.29, 0.717) is 35.8 Å². The van der Waals surface area contributed by atoms with Gasteiger partial charge in [0.05, 0.1) is 31.0 Å². The Morgan fingerprint density at radius 3 is 2.52 bits per heavy atom. The van der Waals surface area contributed by atoms with Crippen LogP contribution in [0.1, 0.15) is 106 Å². The van der Waals surface area contributed by atoms with Crippen molar-refractivity contribution in [1.82, 2.24) is 24.6 Å². The summed E-state index contributed by atoms with van der Waals surface area (Å²) in [6, 6.07) is 4.70. The Labute approximate surface area is 255 Å². The molecule has 5 heterocycles. The number of amides is 1. The van der Waals surface area contributed by atoms with Crippen LogP contribution >= 0.6 is 11.3 Å². The summed E-state index contributed by atoms with van der Waals surface area (Å²) in [5.74, 6) is 1.95. The highest BCUT2D eigenvalue weighted by molar-refractivity contribution is 7.12. The lowest BCUT2D eigenvalue weighted by Gasteiger charge is -2.55. The molecule has 226 valence electrons. The summed E-state index contributed by atoms with van der Waals surface area (Å²) in [5.41, 5.74) is 6.69. The standard InChI is InChI=1S/C34H47N5O2S/c1-8-34(38-18-27(19-38)39-16-11-22(3)36-39)13-9-26(10-14-34)24(5)31-25(6)30-29(42-31)12-15-37(33(30)40)20-28-21(2)17-23(4)35-32(28)41-7/h11,16-17,24,26-27H,8-10,12-15,18-20H2,1-7H3/t24-,26?,34?/m1/s1. The van der Waals surface area contributed by atoms with E-state index in [4.69, 9.17) is 4.74 Å². The largest absolute Gasteiger partial charge is 0.481 e. The van der Waals surface area contributed by atoms with Crippen molar-refractivity contribution >= 4 is 17.2 Å². The predicted octanol–water partition coefficient (Wildman–Crippen LogP) is 6.78. The number of rotatable bonds is 8. The molecule has 0 unspecified atom stereocenters. The van der Waals surface area contributed by atoms with E-state index in [9.17, 15) is 4.79 Å². The van der Waals surface area contributed by atoms with E-state index in [2.05, 4.69) is 72.6 Å². The zero-order valence-electron chi connectivity index (χ0n) is 26.5. The van der Waals surface area contributed by atoms with E-state index >= 15 is 0 Å². The van der Waals surface area contributed by atoms with Gasteiger partial charge < -0.3 is 9.64 Å². The van der Waals surface area contributed by atoms with Gasteiger partial charge in [-0.25, -0.2) is 4.98 Å². The first-order valence-electron chi connectivity index (χ1n) is 15.8. The van der Waals surface area contributed by atoms with Crippen molar-refractivity contribution in [1.29, 1.82) is 0 Å². The number of fused-ring (bicyclic) bond motifs is 1. The second kappa shape index (κ2) is 11.4. The van der Waals surface area contributed by atoms with Crippen LogP contribution in [0.15, 0.2) is 18.3 Å². The third-order valence-corrected chi connectivity index (χ3v) is 12.3. The van der Waals surface area contributed by atoms with E-state index < -0.39 is 0 Å². The lowest BCUT2D eigenvalue weighted by atomic mass is 9.69. The number of likely N-dealkylation sites (tertiary alicyclic amines) is 1. The molecule has 1 aliphatic carbocycles. The number of aryl methyl sites for hydroxylation is 3. The van der Waals surface area contributed by atoms with Crippen LogP contribution in [0.5, 0.6) is 5.88 Å². The number of hydrogen-bond donors (Lipinski definition) is 0. The highest BCUT2D eigenvalue weighted by Gasteiger charge is 2.46. The van der Waals surface area contributed by atoms with E-state index in [1.165, 1.54) is 47.4 Å². The van der Waals surface area contributed by atoms with Gasteiger partial charge in [0.15, 0.2) is 0 Å². The number of methoxy groups -OCH3 is 1. The highest BCUT2D eigenvalue weighted by Crippen LogP contribution is 2.49. The van der Waals surface area contributed by atoms with Crippen LogP contribution in [-0.4, -0.2) is 62.8 Å². The summed E-state index contributed by atoms with van der Waals surface area (Å²) in [5, 5.41) is 4.67. The van der Waals surface area contributed by atoms with E-state index in [-0.39, 0.29) is 5.91 Å². The van der Waals surface area contributed by atoms with Gasteiger partial charge in [-0.3, -0.25) is 14.4 Å². The van der Waals surface area contributed by atoms with E-state index in [1.54, 1.807) is 7.11 Å². The van der Waals surface area contributed by atoms with Crippen molar-refractivity contribution in [3.8, 4) is 5.88 Å². The van der Waals surface area contributed by atoms with Gasteiger partial charge in [0.25, 0.3) is 5.91 Å². The van der Waals surface area contributed by atoms with Crippen LogP contribution in [-0.2, 0) is 13.0 Å². The fraction of sp³-hybridized carbons (Fsp3) is 0.618. The first kappa shape index (κ1) is 29.4. The molecule has 0 N–H and O–H groups in total. The van der Waals surface area contributed by atoms with Crippen LogP contribution in [0.25, 0.3) is 0 Å². The molecule has 1 atom stereocenters. The predicted molar refractivity (Wildman–Crippen MR) is 169 cm³/mol. The Balaban J connectivity index is 1.12. The SMILES string of the molecule is CCC1(N2CC(n3ccc(C)n3)C2)CCC([C@@H](C)c2sc3c(c2C)C(=O)N(Cc2c(C)cc(C)nc2OC)CC3)CC1. The van der Waals surface area contributed by atoms with Gasteiger partial charge in [0.2, 0.25) is 5.88 Å². The van der Waals surface area contributed by atoms with Gasteiger partial charge in [-0.15, -0.1) is 11.3 Å². The van der Waals surface area contributed by atoms with Crippen molar-refractivity contribution in [3.63, 3.8) is 0 Å². The molecule has 0 bridgehead atoms. The summed E-state index contributed by atoms with van der Waals surface area (Å²) in [7, 11) is 1.66. The Bertz CT molecular complexity index is 1460. The van der Waals surface area contributed by atoms with Gasteiger partial charge in [-0.2, -0.15) is 5.10 Å². The quantitative estimate of drug-likeness (QED) is 0.290. The molecule has 3 aliphatic rings. The molecule has 2 fully saturated rings. The van der Waals surface area contributed by atoms with Crippen LogP contribution in [0.4, 0.5) is 0 Å². The van der Waals surface area contributed by atoms with Crippen LogP contribution in [0, 0.1) is 33.6 Å². The number of nitrogens with zero attached hydrogens (tertiary/aromatic N) is 5. The molecular formula is C34H47N5O2S. The molecule has 1 saturated carbocycles. The zero-order valence-corrected chi connectivity index (χ0v) is 27.3. The minimum atomic E-state index is 0.166. The third-order valence-electron chi connectivity index (χ3n) is 10.7. The normalized spacial score (nSPS) is 24.0. The van der Waals surface area contributed by atoms with Crippen LogP contribution < -0.4 is 4.74 Å². The monoisotopic (exact) mass is 589 g/mol. The molecule has 1 amide bonds. The molecule has 0 radical (unpaired) electrons. The van der Waals surface area contributed by atoms with Crippen molar-refractivity contribution in [2.24, 2.45) is 5.92 Å².